The SMILES string of the molecule is CSC(=Nc1ccc(C(=O)N2CCCCC2C)cc1)NC#N. The first-order chi connectivity index (χ1) is 10.7. The molecule has 0 radical (unpaired) electrons. The average Bonchev–Trinajstić information content (AvgIpc) is 2.55. The lowest BCUT2D eigenvalue weighted by Gasteiger charge is -2.33. The molecule has 1 aromatic rings. The third-order valence-corrected chi connectivity index (χ3v) is 4.34. The highest BCUT2D eigenvalue weighted by Crippen LogP contribution is 2.21. The normalized spacial score (nSPS) is 18.7. The van der Waals surface area contributed by atoms with Crippen molar-refractivity contribution in [3.8, 4) is 6.19 Å². The van der Waals surface area contributed by atoms with Crippen molar-refractivity contribution >= 4 is 28.5 Å². The summed E-state index contributed by atoms with van der Waals surface area (Å²) in [5.41, 5.74) is 1.40. The number of amidine groups is 1. The Morgan fingerprint density at radius 3 is 2.73 bits per heavy atom. The van der Waals surface area contributed by atoms with E-state index in [0.29, 0.717) is 16.8 Å². The van der Waals surface area contributed by atoms with Gasteiger partial charge in [0.1, 0.15) is 0 Å². The van der Waals surface area contributed by atoms with E-state index in [1.807, 2.05) is 17.3 Å². The van der Waals surface area contributed by atoms with Gasteiger partial charge in [-0.05, 0) is 56.7 Å². The van der Waals surface area contributed by atoms with Crippen LogP contribution in [0.3, 0.4) is 0 Å². The highest BCUT2D eigenvalue weighted by atomic mass is 32.2. The molecule has 1 amide bonds. The summed E-state index contributed by atoms with van der Waals surface area (Å²) in [5.74, 6) is 0.0861. The smallest absolute Gasteiger partial charge is 0.254 e. The van der Waals surface area contributed by atoms with Crippen molar-refractivity contribution in [2.24, 2.45) is 4.99 Å². The fraction of sp³-hybridized carbons (Fsp3) is 0.438. The van der Waals surface area contributed by atoms with Gasteiger partial charge in [-0.2, -0.15) is 5.26 Å². The number of nitriles is 1. The molecule has 1 N–H and O–H groups in total. The van der Waals surface area contributed by atoms with Crippen molar-refractivity contribution in [3.05, 3.63) is 29.8 Å². The predicted molar refractivity (Wildman–Crippen MR) is 90.2 cm³/mol. The van der Waals surface area contributed by atoms with Crippen LogP contribution in [-0.4, -0.2) is 34.8 Å². The van der Waals surface area contributed by atoms with Gasteiger partial charge < -0.3 is 4.90 Å². The third kappa shape index (κ3) is 4.01. The summed E-state index contributed by atoms with van der Waals surface area (Å²) in [7, 11) is 0. The van der Waals surface area contributed by atoms with Crippen LogP contribution in [0.15, 0.2) is 29.3 Å². The highest BCUT2D eigenvalue weighted by molar-refractivity contribution is 8.13. The van der Waals surface area contributed by atoms with E-state index in [0.717, 1.165) is 25.1 Å². The molecule has 0 bridgehead atoms. The van der Waals surface area contributed by atoms with Crippen molar-refractivity contribution in [1.82, 2.24) is 10.2 Å². The lowest BCUT2D eigenvalue weighted by molar-refractivity contribution is 0.0635. The van der Waals surface area contributed by atoms with E-state index >= 15 is 0 Å². The first kappa shape index (κ1) is 16.4. The zero-order valence-electron chi connectivity index (χ0n) is 12.9. The Kier molecular flexibility index (Phi) is 5.84. The van der Waals surface area contributed by atoms with E-state index in [4.69, 9.17) is 5.26 Å². The maximum Gasteiger partial charge on any atom is 0.254 e. The highest BCUT2D eigenvalue weighted by Gasteiger charge is 2.23. The topological polar surface area (TPSA) is 68.5 Å². The summed E-state index contributed by atoms with van der Waals surface area (Å²) in [6, 6.07) is 7.51. The van der Waals surface area contributed by atoms with E-state index < -0.39 is 0 Å². The second-order valence-corrected chi connectivity index (χ2v) is 6.04. The molecular formula is C16H20N4OS. The van der Waals surface area contributed by atoms with Crippen LogP contribution in [0.25, 0.3) is 0 Å². The van der Waals surface area contributed by atoms with Crippen LogP contribution in [-0.2, 0) is 0 Å². The summed E-state index contributed by atoms with van der Waals surface area (Å²) in [6.45, 7) is 2.94. The number of nitrogens with one attached hydrogen (secondary N) is 1. The fourth-order valence-corrected chi connectivity index (χ4v) is 2.88. The molecule has 22 heavy (non-hydrogen) atoms. The second-order valence-electron chi connectivity index (χ2n) is 5.25. The molecule has 1 fully saturated rings. The molecule has 0 saturated carbocycles. The molecule has 0 aliphatic carbocycles. The van der Waals surface area contributed by atoms with E-state index in [1.165, 1.54) is 18.2 Å². The molecule has 2 rings (SSSR count). The summed E-state index contributed by atoms with van der Waals surface area (Å²) in [6.07, 6.45) is 7.05. The molecule has 0 aromatic heterocycles. The van der Waals surface area contributed by atoms with Gasteiger partial charge in [-0.3, -0.25) is 10.1 Å². The molecule has 1 aliphatic heterocycles. The Labute approximate surface area is 135 Å². The van der Waals surface area contributed by atoms with Crippen LogP contribution in [0.2, 0.25) is 0 Å². The molecule has 1 saturated heterocycles. The molecule has 6 heteroatoms. The standard InChI is InChI=1S/C16H20N4OS/c1-12-5-3-4-10-20(12)15(21)13-6-8-14(9-7-13)19-16(22-2)18-11-17/h6-9,12H,3-5,10H2,1-2H3,(H,18,19). The van der Waals surface area contributed by atoms with Crippen LogP contribution in [0.1, 0.15) is 36.5 Å². The van der Waals surface area contributed by atoms with Gasteiger partial charge in [-0.15, -0.1) is 0 Å². The van der Waals surface area contributed by atoms with Crippen LogP contribution in [0.5, 0.6) is 0 Å². The average molecular weight is 316 g/mol. The third-order valence-electron chi connectivity index (χ3n) is 3.76. The molecule has 5 nitrogen and oxygen atoms in total. The van der Waals surface area contributed by atoms with Crippen molar-refractivity contribution in [2.45, 2.75) is 32.2 Å². The monoisotopic (exact) mass is 316 g/mol. The quantitative estimate of drug-likeness (QED) is 0.394. The molecule has 0 spiro atoms. The van der Waals surface area contributed by atoms with Gasteiger partial charge in [-0.1, -0.05) is 11.8 Å². The van der Waals surface area contributed by atoms with E-state index in [-0.39, 0.29) is 5.91 Å². The van der Waals surface area contributed by atoms with Gasteiger partial charge in [0.15, 0.2) is 11.4 Å². The Hall–Kier alpha value is -2.00. The number of thioether (sulfide) groups is 1. The lowest BCUT2D eigenvalue weighted by Crippen LogP contribution is -2.41. The summed E-state index contributed by atoms with van der Waals surface area (Å²) in [4.78, 5) is 18.8. The molecule has 116 valence electrons. The van der Waals surface area contributed by atoms with E-state index in [1.54, 1.807) is 24.3 Å². The van der Waals surface area contributed by atoms with Gasteiger partial charge in [0, 0.05) is 18.2 Å². The minimum Gasteiger partial charge on any atom is -0.336 e. The number of aliphatic imine (C=N–C) groups is 1. The zero-order valence-corrected chi connectivity index (χ0v) is 13.7. The van der Waals surface area contributed by atoms with Crippen molar-refractivity contribution in [2.75, 3.05) is 12.8 Å². The summed E-state index contributed by atoms with van der Waals surface area (Å²) < 4.78 is 0. The largest absolute Gasteiger partial charge is 0.336 e. The Morgan fingerprint density at radius 2 is 2.14 bits per heavy atom. The Balaban J connectivity index is 2.11. The zero-order chi connectivity index (χ0) is 15.9. The minimum absolute atomic E-state index is 0.0861. The number of amides is 1. The number of carbonyl (C=O) groups is 1. The lowest BCUT2D eigenvalue weighted by atomic mass is 10.0. The van der Waals surface area contributed by atoms with Gasteiger partial charge in [0.25, 0.3) is 5.91 Å². The van der Waals surface area contributed by atoms with Gasteiger partial charge >= 0.3 is 0 Å². The first-order valence-corrected chi connectivity index (χ1v) is 8.57. The minimum atomic E-state index is 0.0861. The number of benzene rings is 1. The van der Waals surface area contributed by atoms with Gasteiger partial charge in [0.2, 0.25) is 0 Å². The number of nitrogens with zero attached hydrogens (tertiary/aromatic N) is 3. The van der Waals surface area contributed by atoms with Crippen LogP contribution < -0.4 is 5.32 Å². The second kappa shape index (κ2) is 7.85. The number of piperidine rings is 1. The maximum atomic E-state index is 12.5. The van der Waals surface area contributed by atoms with Crippen molar-refractivity contribution in [3.63, 3.8) is 0 Å². The van der Waals surface area contributed by atoms with E-state index in [2.05, 4.69) is 17.2 Å². The molecule has 1 heterocycles. The van der Waals surface area contributed by atoms with Crippen molar-refractivity contribution in [1.29, 1.82) is 5.26 Å². The molecule has 1 aliphatic rings. The number of hydrogen-bond acceptors (Lipinski definition) is 4. The molecular weight excluding hydrogens is 296 g/mol. The molecule has 1 unspecified atom stereocenters. The Bertz CT molecular complexity index is 591. The number of likely N-dealkylation sites (tertiary alicyclic amines) is 1. The Morgan fingerprint density at radius 1 is 1.41 bits per heavy atom. The molecule has 1 aromatic carbocycles. The number of rotatable bonds is 2. The number of carbonyl (C=O) groups excluding carboxylic acids is 1. The maximum absolute atomic E-state index is 12.5. The first-order valence-electron chi connectivity index (χ1n) is 7.34. The van der Waals surface area contributed by atoms with Gasteiger partial charge in [-0.25, -0.2) is 4.99 Å². The van der Waals surface area contributed by atoms with Crippen molar-refractivity contribution < 1.29 is 4.79 Å². The van der Waals surface area contributed by atoms with Crippen LogP contribution in [0.4, 0.5) is 5.69 Å². The van der Waals surface area contributed by atoms with Crippen LogP contribution in [0, 0.1) is 11.5 Å². The van der Waals surface area contributed by atoms with E-state index in [9.17, 15) is 4.79 Å². The van der Waals surface area contributed by atoms with Crippen LogP contribution >= 0.6 is 11.8 Å². The summed E-state index contributed by atoms with van der Waals surface area (Å²) in [5, 5.41) is 11.7. The summed E-state index contributed by atoms with van der Waals surface area (Å²) >= 11 is 1.36. The number of hydrogen-bond donors (Lipinski definition) is 1. The fourth-order valence-electron chi connectivity index (χ4n) is 2.53. The predicted octanol–water partition coefficient (Wildman–Crippen LogP) is 3.12. The van der Waals surface area contributed by atoms with Gasteiger partial charge in [0.05, 0.1) is 5.69 Å². The molecule has 1 atom stereocenters.